The Morgan fingerprint density at radius 3 is 1.39 bits per heavy atom. The number of ether oxygens (including phenoxy) is 3. The monoisotopic (exact) mass is 978 g/mol. The first-order chi connectivity index (χ1) is 33.7. The van der Waals surface area contributed by atoms with E-state index in [1.165, 1.54) is 141 Å². The molecular weight excluding hydrogens is 871 g/mol. The Labute approximate surface area is 422 Å². The molecule has 0 radical (unpaired) electrons. The average Bonchev–Trinajstić information content (AvgIpc) is 3.34. The first-order valence-electron chi connectivity index (χ1n) is 28.8. The van der Waals surface area contributed by atoms with Crippen LogP contribution in [0.15, 0.2) is 36.5 Å². The van der Waals surface area contributed by atoms with Gasteiger partial charge in [-0.05, 0) is 83.5 Å². The largest absolute Gasteiger partial charge is 0.466 e. The first kappa shape index (κ1) is 64.9. The summed E-state index contributed by atoms with van der Waals surface area (Å²) in [6.07, 6.45) is 48.1. The topological polar surface area (TPSA) is 175 Å². The third kappa shape index (κ3) is 38.2. The summed E-state index contributed by atoms with van der Waals surface area (Å²) in [6, 6.07) is -0.820. The Kier molecular flexibility index (Phi) is 45.3. The summed E-state index contributed by atoms with van der Waals surface area (Å²) in [4.78, 5) is 25.1. The molecule has 1 rings (SSSR count). The van der Waals surface area contributed by atoms with E-state index in [9.17, 15) is 35.1 Å². The zero-order valence-electron chi connectivity index (χ0n) is 44.3. The number of aliphatic hydroxyl groups excluding tert-OH is 5. The van der Waals surface area contributed by atoms with Gasteiger partial charge in [-0.2, -0.15) is 0 Å². The van der Waals surface area contributed by atoms with E-state index in [1.807, 2.05) is 6.08 Å². The molecule has 0 aromatic carbocycles. The van der Waals surface area contributed by atoms with Gasteiger partial charge in [0.25, 0.3) is 0 Å². The van der Waals surface area contributed by atoms with Crippen molar-refractivity contribution in [1.29, 1.82) is 0 Å². The summed E-state index contributed by atoms with van der Waals surface area (Å²) >= 11 is 0. The standard InChI is InChI=1S/C58H107NO10/c1-3-5-7-9-11-13-14-15-16-17-20-23-26-30-34-38-42-46-54(63)67-47-43-39-35-31-27-24-21-18-19-22-25-29-33-37-41-45-53(62)59-50(51(61)44-40-36-32-28-12-10-8-6-4-2)49-68-58-57(66)56(65)55(64)52(48-60)69-58/h15-16,21,24,40,44,50-52,55-58,60-61,64-66H,3-14,17-20,22-23,25-39,41-43,45-49H2,1-2H3,(H,59,62)/b16-15-,24-21-,44-40+. The number of allylic oxidation sites excluding steroid dienone is 5. The van der Waals surface area contributed by atoms with Crippen LogP contribution in [0.3, 0.4) is 0 Å². The van der Waals surface area contributed by atoms with Gasteiger partial charge in [-0.3, -0.25) is 9.59 Å². The molecule has 0 spiro atoms. The maximum Gasteiger partial charge on any atom is 0.305 e. The van der Waals surface area contributed by atoms with Gasteiger partial charge in [0.1, 0.15) is 24.4 Å². The summed E-state index contributed by atoms with van der Waals surface area (Å²) < 4.78 is 16.7. The van der Waals surface area contributed by atoms with Crippen molar-refractivity contribution in [2.75, 3.05) is 19.8 Å². The highest BCUT2D eigenvalue weighted by Gasteiger charge is 2.44. The van der Waals surface area contributed by atoms with Gasteiger partial charge >= 0.3 is 5.97 Å². The Hall–Kier alpha value is -2.12. The first-order valence-corrected chi connectivity index (χ1v) is 28.8. The van der Waals surface area contributed by atoms with E-state index in [0.29, 0.717) is 19.4 Å². The zero-order chi connectivity index (χ0) is 50.3. The SMILES string of the molecule is CCCCCCCC/C=C\CCCCCCCCCC(=O)OCCCCCC/C=C\CCCCCCCCCC(=O)NC(COC1OC(CO)C(O)C(O)C1O)C(O)/C=C/CCCCCCCCC. The molecule has 1 amide bonds. The van der Waals surface area contributed by atoms with Crippen LogP contribution < -0.4 is 5.32 Å². The van der Waals surface area contributed by atoms with E-state index >= 15 is 0 Å². The van der Waals surface area contributed by atoms with Crippen molar-refractivity contribution in [2.24, 2.45) is 0 Å². The number of carbonyl (C=O) groups is 2. The van der Waals surface area contributed by atoms with Crippen LogP contribution in [0.2, 0.25) is 0 Å². The number of carbonyl (C=O) groups excluding carboxylic acids is 2. The lowest BCUT2D eigenvalue weighted by Crippen LogP contribution is -2.60. The van der Waals surface area contributed by atoms with Crippen molar-refractivity contribution in [2.45, 2.75) is 301 Å². The van der Waals surface area contributed by atoms with Gasteiger partial charge in [0.15, 0.2) is 6.29 Å². The van der Waals surface area contributed by atoms with Gasteiger partial charge in [0, 0.05) is 12.8 Å². The number of amides is 1. The van der Waals surface area contributed by atoms with E-state index in [4.69, 9.17) is 14.2 Å². The number of nitrogens with one attached hydrogen (secondary N) is 1. The molecule has 11 nitrogen and oxygen atoms in total. The highest BCUT2D eigenvalue weighted by molar-refractivity contribution is 5.76. The van der Waals surface area contributed by atoms with Crippen LogP contribution in [-0.2, 0) is 23.8 Å². The van der Waals surface area contributed by atoms with Crippen LogP contribution in [0.25, 0.3) is 0 Å². The zero-order valence-corrected chi connectivity index (χ0v) is 44.3. The second kappa shape index (κ2) is 48.2. The molecule has 69 heavy (non-hydrogen) atoms. The number of hydrogen-bond acceptors (Lipinski definition) is 10. The van der Waals surface area contributed by atoms with Gasteiger partial charge in [-0.25, -0.2) is 0 Å². The maximum atomic E-state index is 13.0. The molecule has 1 aliphatic heterocycles. The Morgan fingerprint density at radius 1 is 0.522 bits per heavy atom. The minimum atomic E-state index is -1.58. The molecule has 404 valence electrons. The highest BCUT2D eigenvalue weighted by atomic mass is 16.7. The van der Waals surface area contributed by atoms with Crippen molar-refractivity contribution in [3.8, 4) is 0 Å². The Morgan fingerprint density at radius 2 is 0.928 bits per heavy atom. The summed E-state index contributed by atoms with van der Waals surface area (Å²) in [7, 11) is 0. The maximum absolute atomic E-state index is 13.0. The van der Waals surface area contributed by atoms with Gasteiger partial charge in [-0.15, -0.1) is 0 Å². The Balaban J connectivity index is 2.07. The summed E-state index contributed by atoms with van der Waals surface area (Å²) in [6.45, 7) is 4.25. The third-order valence-corrected chi connectivity index (χ3v) is 13.5. The van der Waals surface area contributed by atoms with Crippen molar-refractivity contribution < 1.29 is 49.3 Å². The predicted octanol–water partition coefficient (Wildman–Crippen LogP) is 12.7. The fraction of sp³-hybridized carbons (Fsp3) is 0.862. The molecule has 0 aromatic rings. The molecule has 0 aromatic heterocycles. The molecule has 6 N–H and O–H groups in total. The lowest BCUT2D eigenvalue weighted by Gasteiger charge is -2.40. The number of esters is 1. The molecule has 1 heterocycles. The van der Waals surface area contributed by atoms with Crippen LogP contribution in [0, 0.1) is 0 Å². The van der Waals surface area contributed by atoms with E-state index < -0.39 is 49.5 Å². The number of hydrogen-bond donors (Lipinski definition) is 6. The molecule has 0 aliphatic carbocycles. The minimum Gasteiger partial charge on any atom is -0.466 e. The van der Waals surface area contributed by atoms with Crippen LogP contribution in [0.4, 0.5) is 0 Å². The van der Waals surface area contributed by atoms with E-state index in [1.54, 1.807) is 6.08 Å². The average molecular weight is 978 g/mol. The highest BCUT2D eigenvalue weighted by Crippen LogP contribution is 2.23. The fourth-order valence-corrected chi connectivity index (χ4v) is 8.83. The van der Waals surface area contributed by atoms with Gasteiger partial charge in [0.05, 0.1) is 32.0 Å². The summed E-state index contributed by atoms with van der Waals surface area (Å²) in [5, 5.41) is 54.1. The molecule has 1 saturated heterocycles. The normalized spacial score (nSPS) is 19.6. The van der Waals surface area contributed by atoms with Crippen molar-refractivity contribution >= 4 is 11.9 Å². The summed E-state index contributed by atoms with van der Waals surface area (Å²) in [5.74, 6) is -0.233. The van der Waals surface area contributed by atoms with E-state index in [0.717, 1.165) is 89.9 Å². The molecule has 1 aliphatic rings. The smallest absolute Gasteiger partial charge is 0.305 e. The Bertz CT molecular complexity index is 1240. The number of aliphatic hydroxyl groups is 5. The fourth-order valence-electron chi connectivity index (χ4n) is 8.83. The van der Waals surface area contributed by atoms with Crippen LogP contribution in [0.5, 0.6) is 0 Å². The van der Waals surface area contributed by atoms with Gasteiger partial charge in [0.2, 0.25) is 5.91 Å². The van der Waals surface area contributed by atoms with Crippen LogP contribution in [0.1, 0.15) is 258 Å². The molecular formula is C58H107NO10. The van der Waals surface area contributed by atoms with E-state index in [2.05, 4.69) is 43.5 Å². The number of unbranched alkanes of at least 4 members (excludes halogenated alkanes) is 31. The molecule has 1 fully saturated rings. The van der Waals surface area contributed by atoms with Crippen molar-refractivity contribution in [3.05, 3.63) is 36.5 Å². The second-order valence-electron chi connectivity index (χ2n) is 20.0. The van der Waals surface area contributed by atoms with Gasteiger partial charge < -0.3 is 45.1 Å². The molecule has 11 heteroatoms. The molecule has 7 atom stereocenters. The van der Waals surface area contributed by atoms with Crippen molar-refractivity contribution in [3.63, 3.8) is 0 Å². The lowest BCUT2D eigenvalue weighted by molar-refractivity contribution is -0.302. The molecule has 7 unspecified atom stereocenters. The minimum absolute atomic E-state index is 0.0332. The van der Waals surface area contributed by atoms with E-state index in [-0.39, 0.29) is 18.5 Å². The predicted molar refractivity (Wildman–Crippen MR) is 283 cm³/mol. The molecule has 0 bridgehead atoms. The quantitative estimate of drug-likeness (QED) is 0.0196. The number of rotatable bonds is 49. The molecule has 0 saturated carbocycles. The third-order valence-electron chi connectivity index (χ3n) is 13.5. The lowest BCUT2D eigenvalue weighted by atomic mass is 9.99. The van der Waals surface area contributed by atoms with Gasteiger partial charge in [-0.1, -0.05) is 198 Å². The van der Waals surface area contributed by atoms with Crippen LogP contribution in [-0.4, -0.2) is 100 Å². The summed E-state index contributed by atoms with van der Waals surface area (Å²) in [5.41, 5.74) is 0. The van der Waals surface area contributed by atoms with Crippen molar-refractivity contribution in [1.82, 2.24) is 5.32 Å². The van der Waals surface area contributed by atoms with Crippen LogP contribution >= 0.6 is 0 Å². The second-order valence-corrected chi connectivity index (χ2v) is 20.0.